The van der Waals surface area contributed by atoms with Crippen molar-refractivity contribution in [1.82, 2.24) is 19.7 Å². The van der Waals surface area contributed by atoms with Crippen LogP contribution in [0.25, 0.3) is 0 Å². The molecule has 2 heterocycles. The molecular formula is C15H24N4O. The monoisotopic (exact) mass is 276 g/mol. The summed E-state index contributed by atoms with van der Waals surface area (Å²) in [7, 11) is 1.88. The van der Waals surface area contributed by atoms with E-state index in [0.29, 0.717) is 0 Å². The Kier molecular flexibility index (Phi) is 5.35. The van der Waals surface area contributed by atoms with Crippen LogP contribution in [0.4, 0.5) is 4.79 Å². The van der Waals surface area contributed by atoms with Crippen molar-refractivity contribution in [3.8, 4) is 0 Å². The maximum absolute atomic E-state index is 12.3. The van der Waals surface area contributed by atoms with Crippen LogP contribution in [0.5, 0.6) is 0 Å². The van der Waals surface area contributed by atoms with Crippen molar-refractivity contribution in [3.05, 3.63) is 30.1 Å². The number of likely N-dealkylation sites (N-methyl/N-ethyl adjacent to an activating group) is 2. The normalized spacial score (nSPS) is 16.2. The van der Waals surface area contributed by atoms with Crippen LogP contribution in [0.3, 0.4) is 0 Å². The number of carbonyl (C=O) groups excluding carboxylic acids is 1. The Hall–Kier alpha value is -1.62. The molecule has 0 spiro atoms. The Balaban J connectivity index is 1.77. The Morgan fingerprint density at radius 3 is 2.50 bits per heavy atom. The summed E-state index contributed by atoms with van der Waals surface area (Å²) in [6.07, 6.45) is 4.46. The van der Waals surface area contributed by atoms with Gasteiger partial charge in [0.15, 0.2) is 0 Å². The zero-order valence-corrected chi connectivity index (χ0v) is 12.5. The van der Waals surface area contributed by atoms with E-state index in [-0.39, 0.29) is 6.03 Å². The van der Waals surface area contributed by atoms with E-state index in [1.807, 2.05) is 29.0 Å². The summed E-state index contributed by atoms with van der Waals surface area (Å²) in [6.45, 7) is 7.63. The Labute approximate surface area is 121 Å². The number of piperazine rings is 1. The second kappa shape index (κ2) is 7.24. The van der Waals surface area contributed by atoms with E-state index in [9.17, 15) is 4.79 Å². The summed E-state index contributed by atoms with van der Waals surface area (Å²) in [4.78, 5) is 22.5. The molecule has 5 nitrogen and oxygen atoms in total. The molecule has 0 aromatic carbocycles. The quantitative estimate of drug-likeness (QED) is 0.832. The lowest BCUT2D eigenvalue weighted by Gasteiger charge is -2.36. The van der Waals surface area contributed by atoms with Crippen molar-refractivity contribution in [2.45, 2.75) is 13.3 Å². The number of rotatable bonds is 4. The highest BCUT2D eigenvalue weighted by atomic mass is 16.2. The third-order valence-electron chi connectivity index (χ3n) is 3.90. The fourth-order valence-corrected chi connectivity index (χ4v) is 2.44. The molecule has 5 heteroatoms. The van der Waals surface area contributed by atoms with Crippen LogP contribution in [-0.2, 0) is 6.42 Å². The molecule has 0 bridgehead atoms. The molecule has 2 amide bonds. The summed E-state index contributed by atoms with van der Waals surface area (Å²) >= 11 is 0. The molecule has 1 aromatic rings. The SMILES string of the molecule is CCN1CCN(C(=O)N(C)CCc2ccncc2)CC1. The molecule has 0 radical (unpaired) electrons. The van der Waals surface area contributed by atoms with Crippen LogP contribution in [0, 0.1) is 0 Å². The van der Waals surface area contributed by atoms with E-state index in [1.165, 1.54) is 5.56 Å². The minimum absolute atomic E-state index is 0.148. The zero-order valence-electron chi connectivity index (χ0n) is 12.5. The largest absolute Gasteiger partial charge is 0.327 e. The van der Waals surface area contributed by atoms with Gasteiger partial charge in [-0.25, -0.2) is 4.79 Å². The minimum Gasteiger partial charge on any atom is -0.327 e. The van der Waals surface area contributed by atoms with Gasteiger partial charge in [0.2, 0.25) is 0 Å². The summed E-state index contributed by atoms with van der Waals surface area (Å²) in [6, 6.07) is 4.14. The lowest BCUT2D eigenvalue weighted by molar-refractivity contribution is 0.121. The molecule has 110 valence electrons. The van der Waals surface area contributed by atoms with Gasteiger partial charge < -0.3 is 14.7 Å². The zero-order chi connectivity index (χ0) is 14.4. The van der Waals surface area contributed by atoms with Crippen LogP contribution in [-0.4, -0.2) is 72.0 Å². The first kappa shape index (κ1) is 14.8. The van der Waals surface area contributed by atoms with E-state index in [0.717, 1.165) is 45.7 Å². The fraction of sp³-hybridized carbons (Fsp3) is 0.600. The van der Waals surface area contributed by atoms with Crippen molar-refractivity contribution in [3.63, 3.8) is 0 Å². The second-order valence-electron chi connectivity index (χ2n) is 5.23. The molecule has 1 fully saturated rings. The Morgan fingerprint density at radius 1 is 1.25 bits per heavy atom. The van der Waals surface area contributed by atoms with Gasteiger partial charge in [-0.05, 0) is 30.7 Å². The third kappa shape index (κ3) is 3.93. The van der Waals surface area contributed by atoms with E-state index in [1.54, 1.807) is 12.4 Å². The molecule has 0 unspecified atom stereocenters. The smallest absolute Gasteiger partial charge is 0.319 e. The second-order valence-corrected chi connectivity index (χ2v) is 5.23. The van der Waals surface area contributed by atoms with E-state index >= 15 is 0 Å². The lowest BCUT2D eigenvalue weighted by Crippen LogP contribution is -2.52. The average Bonchev–Trinajstić information content (AvgIpc) is 2.53. The molecule has 1 saturated heterocycles. The number of nitrogens with zero attached hydrogens (tertiary/aromatic N) is 4. The highest BCUT2D eigenvalue weighted by Crippen LogP contribution is 2.06. The number of carbonyl (C=O) groups is 1. The number of hydrogen-bond acceptors (Lipinski definition) is 3. The van der Waals surface area contributed by atoms with Gasteiger partial charge in [0.05, 0.1) is 0 Å². The minimum atomic E-state index is 0.148. The van der Waals surface area contributed by atoms with E-state index < -0.39 is 0 Å². The van der Waals surface area contributed by atoms with Crippen LogP contribution in [0.15, 0.2) is 24.5 Å². The summed E-state index contributed by atoms with van der Waals surface area (Å²) in [5.41, 5.74) is 1.22. The summed E-state index contributed by atoms with van der Waals surface area (Å²) in [5, 5.41) is 0. The molecule has 0 N–H and O–H groups in total. The van der Waals surface area contributed by atoms with Gasteiger partial charge in [-0.2, -0.15) is 0 Å². The van der Waals surface area contributed by atoms with Gasteiger partial charge >= 0.3 is 6.03 Å². The molecule has 0 aliphatic carbocycles. The number of aromatic nitrogens is 1. The predicted octanol–water partition coefficient (Wildman–Crippen LogP) is 1.31. The molecular weight excluding hydrogens is 252 g/mol. The molecule has 0 atom stereocenters. The first-order valence-corrected chi connectivity index (χ1v) is 7.32. The van der Waals surface area contributed by atoms with Gasteiger partial charge in [-0.1, -0.05) is 6.92 Å². The lowest BCUT2D eigenvalue weighted by atomic mass is 10.2. The van der Waals surface area contributed by atoms with E-state index in [4.69, 9.17) is 0 Å². The van der Waals surface area contributed by atoms with Crippen molar-refractivity contribution in [2.24, 2.45) is 0 Å². The first-order chi connectivity index (χ1) is 9.70. The molecule has 0 saturated carbocycles. The predicted molar refractivity (Wildman–Crippen MR) is 79.7 cm³/mol. The van der Waals surface area contributed by atoms with Crippen molar-refractivity contribution in [2.75, 3.05) is 46.3 Å². The Bertz CT molecular complexity index is 415. The van der Waals surface area contributed by atoms with E-state index in [2.05, 4.69) is 16.8 Å². The van der Waals surface area contributed by atoms with Crippen LogP contribution < -0.4 is 0 Å². The molecule has 1 aromatic heterocycles. The molecule has 20 heavy (non-hydrogen) atoms. The maximum atomic E-state index is 12.3. The van der Waals surface area contributed by atoms with Crippen LogP contribution in [0.1, 0.15) is 12.5 Å². The topological polar surface area (TPSA) is 39.7 Å². The maximum Gasteiger partial charge on any atom is 0.319 e. The van der Waals surface area contributed by atoms with Gasteiger partial charge in [0.1, 0.15) is 0 Å². The van der Waals surface area contributed by atoms with Gasteiger partial charge in [-0.3, -0.25) is 4.98 Å². The summed E-state index contributed by atoms with van der Waals surface area (Å²) in [5.74, 6) is 0. The van der Waals surface area contributed by atoms with Gasteiger partial charge in [-0.15, -0.1) is 0 Å². The van der Waals surface area contributed by atoms with Crippen LogP contribution >= 0.6 is 0 Å². The molecule has 2 rings (SSSR count). The fourth-order valence-electron chi connectivity index (χ4n) is 2.44. The van der Waals surface area contributed by atoms with Crippen molar-refractivity contribution in [1.29, 1.82) is 0 Å². The average molecular weight is 276 g/mol. The molecule has 1 aliphatic rings. The third-order valence-corrected chi connectivity index (χ3v) is 3.90. The highest BCUT2D eigenvalue weighted by molar-refractivity contribution is 5.74. The Morgan fingerprint density at radius 2 is 1.90 bits per heavy atom. The van der Waals surface area contributed by atoms with Gasteiger partial charge in [0, 0.05) is 52.2 Å². The summed E-state index contributed by atoms with van der Waals surface area (Å²) < 4.78 is 0. The van der Waals surface area contributed by atoms with Crippen molar-refractivity contribution < 1.29 is 4.79 Å². The van der Waals surface area contributed by atoms with Gasteiger partial charge in [0.25, 0.3) is 0 Å². The number of pyridine rings is 1. The van der Waals surface area contributed by atoms with Crippen molar-refractivity contribution >= 4 is 6.03 Å². The highest BCUT2D eigenvalue weighted by Gasteiger charge is 2.22. The number of amides is 2. The first-order valence-electron chi connectivity index (χ1n) is 7.32. The standard InChI is InChI=1S/C15H24N4O/c1-3-18-10-12-19(13-11-18)15(20)17(2)9-6-14-4-7-16-8-5-14/h4-5,7-8H,3,6,9-13H2,1-2H3. The number of urea groups is 1. The van der Waals surface area contributed by atoms with Crippen LogP contribution in [0.2, 0.25) is 0 Å². The molecule has 1 aliphatic heterocycles. The number of hydrogen-bond donors (Lipinski definition) is 0.